The quantitative estimate of drug-likeness (QED) is 0.334. The van der Waals surface area contributed by atoms with Crippen LogP contribution in [0.5, 0.6) is 5.88 Å². The van der Waals surface area contributed by atoms with E-state index in [1.54, 1.807) is 0 Å². The highest BCUT2D eigenvalue weighted by atomic mass is 16.6. The average Bonchev–Trinajstić information content (AvgIpc) is 2.49. The van der Waals surface area contributed by atoms with Gasteiger partial charge in [0.15, 0.2) is 0 Å². The van der Waals surface area contributed by atoms with E-state index in [4.69, 9.17) is 0 Å². The number of amides is 1. The average molecular weight is 319 g/mol. The molecule has 0 radical (unpaired) electrons. The second kappa shape index (κ2) is 6.34. The number of nitrogens with zero attached hydrogens (tertiary/aromatic N) is 2. The van der Waals surface area contributed by atoms with Gasteiger partial charge in [0.25, 0.3) is 17.2 Å². The molecule has 0 saturated carbocycles. The van der Waals surface area contributed by atoms with Crippen LogP contribution in [0.3, 0.4) is 0 Å². The SMILES string of the molecule is O=C(N/N=C/c1c(O)[nH]c(=O)[nH]c1=O)c1ccc([N+](=O)[O-])cc1. The van der Waals surface area contributed by atoms with Gasteiger partial charge >= 0.3 is 5.69 Å². The summed E-state index contributed by atoms with van der Waals surface area (Å²) in [7, 11) is 0. The fourth-order valence-electron chi connectivity index (χ4n) is 1.56. The lowest BCUT2D eigenvalue weighted by molar-refractivity contribution is -0.384. The van der Waals surface area contributed by atoms with Crippen LogP contribution < -0.4 is 16.7 Å². The van der Waals surface area contributed by atoms with Crippen LogP contribution in [0.2, 0.25) is 0 Å². The number of hydrogen-bond acceptors (Lipinski definition) is 7. The number of H-pyrrole nitrogens is 2. The van der Waals surface area contributed by atoms with E-state index in [0.29, 0.717) is 0 Å². The minimum absolute atomic E-state index is 0.104. The van der Waals surface area contributed by atoms with Crippen molar-refractivity contribution in [3.05, 3.63) is 66.3 Å². The molecule has 4 N–H and O–H groups in total. The van der Waals surface area contributed by atoms with Gasteiger partial charge in [-0.3, -0.25) is 29.7 Å². The minimum Gasteiger partial charge on any atom is -0.494 e. The molecule has 2 rings (SSSR count). The lowest BCUT2D eigenvalue weighted by Crippen LogP contribution is -2.25. The Morgan fingerprint density at radius 1 is 1.26 bits per heavy atom. The van der Waals surface area contributed by atoms with E-state index in [1.807, 2.05) is 9.97 Å². The number of aromatic amines is 2. The van der Waals surface area contributed by atoms with Crippen LogP contribution in [-0.4, -0.2) is 32.1 Å². The number of hydrazone groups is 1. The number of hydrogen-bond donors (Lipinski definition) is 4. The first-order valence-corrected chi connectivity index (χ1v) is 6.02. The van der Waals surface area contributed by atoms with Crippen molar-refractivity contribution in [1.82, 2.24) is 15.4 Å². The van der Waals surface area contributed by atoms with Crippen LogP contribution in [0, 0.1) is 10.1 Å². The van der Waals surface area contributed by atoms with Crippen LogP contribution in [0.4, 0.5) is 5.69 Å². The summed E-state index contributed by atoms with van der Waals surface area (Å²) in [5.74, 6) is -1.39. The van der Waals surface area contributed by atoms with Crippen molar-refractivity contribution in [1.29, 1.82) is 0 Å². The topological polar surface area (TPSA) is 171 Å². The minimum atomic E-state index is -0.889. The molecule has 1 heterocycles. The molecule has 0 fully saturated rings. The van der Waals surface area contributed by atoms with Gasteiger partial charge < -0.3 is 5.11 Å². The predicted molar refractivity (Wildman–Crippen MR) is 77.5 cm³/mol. The van der Waals surface area contributed by atoms with Crippen LogP contribution in [0.25, 0.3) is 0 Å². The lowest BCUT2D eigenvalue weighted by Gasteiger charge is -2.00. The van der Waals surface area contributed by atoms with Crippen molar-refractivity contribution >= 4 is 17.8 Å². The third-order valence-electron chi connectivity index (χ3n) is 2.66. The predicted octanol–water partition coefficient (Wildman–Crippen LogP) is -0.559. The standard InChI is InChI=1S/C12H9N5O6/c18-9(6-1-3-7(4-2-6)17(22)23)16-13-5-8-10(19)14-12(21)15-11(8)20/h1-5H,(H,16,18)(H3,14,15,19,20,21)/b13-5+. The molecule has 118 valence electrons. The molecular weight excluding hydrogens is 310 g/mol. The fraction of sp³-hybridized carbons (Fsp3) is 0. The van der Waals surface area contributed by atoms with Gasteiger partial charge in [-0.05, 0) is 12.1 Å². The van der Waals surface area contributed by atoms with Crippen molar-refractivity contribution in [3.63, 3.8) is 0 Å². The normalized spacial score (nSPS) is 10.6. The number of benzene rings is 1. The van der Waals surface area contributed by atoms with Crippen LogP contribution in [0.1, 0.15) is 15.9 Å². The first-order chi connectivity index (χ1) is 10.9. The Labute approximate surface area is 126 Å². The second-order valence-corrected chi connectivity index (χ2v) is 4.17. The molecule has 0 spiro atoms. The summed E-state index contributed by atoms with van der Waals surface area (Å²) >= 11 is 0. The number of carbonyl (C=O) groups excluding carboxylic acids is 1. The Hall–Kier alpha value is -3.76. The highest BCUT2D eigenvalue weighted by Crippen LogP contribution is 2.11. The molecule has 1 aromatic heterocycles. The van der Waals surface area contributed by atoms with Crippen molar-refractivity contribution in [2.45, 2.75) is 0 Å². The van der Waals surface area contributed by atoms with Gasteiger partial charge in [0.2, 0.25) is 5.88 Å². The maximum Gasteiger partial charge on any atom is 0.328 e. The molecule has 2 aromatic rings. The molecule has 11 heteroatoms. The second-order valence-electron chi connectivity index (χ2n) is 4.17. The number of aromatic hydroxyl groups is 1. The van der Waals surface area contributed by atoms with E-state index in [9.17, 15) is 29.6 Å². The van der Waals surface area contributed by atoms with Gasteiger partial charge in [0.05, 0.1) is 11.1 Å². The van der Waals surface area contributed by atoms with Gasteiger partial charge in [-0.2, -0.15) is 5.10 Å². The Morgan fingerprint density at radius 3 is 2.48 bits per heavy atom. The van der Waals surface area contributed by atoms with Crippen molar-refractivity contribution < 1.29 is 14.8 Å². The highest BCUT2D eigenvalue weighted by molar-refractivity contribution is 5.95. The lowest BCUT2D eigenvalue weighted by atomic mass is 10.2. The van der Waals surface area contributed by atoms with Crippen molar-refractivity contribution in [2.24, 2.45) is 5.10 Å². The molecule has 0 aliphatic heterocycles. The summed E-state index contributed by atoms with van der Waals surface area (Å²) in [4.78, 5) is 47.7. The number of aromatic nitrogens is 2. The number of non-ortho nitro benzene ring substituents is 1. The number of nitro benzene ring substituents is 1. The van der Waals surface area contributed by atoms with Crippen LogP contribution >= 0.6 is 0 Å². The van der Waals surface area contributed by atoms with Gasteiger partial charge in [0, 0.05) is 17.7 Å². The highest BCUT2D eigenvalue weighted by Gasteiger charge is 2.09. The molecular formula is C12H9N5O6. The molecule has 11 nitrogen and oxygen atoms in total. The largest absolute Gasteiger partial charge is 0.494 e. The van der Waals surface area contributed by atoms with E-state index in [1.165, 1.54) is 12.1 Å². The molecule has 0 saturated heterocycles. The summed E-state index contributed by atoms with van der Waals surface area (Å²) in [5.41, 5.74) is -0.129. The van der Waals surface area contributed by atoms with Gasteiger partial charge in [-0.25, -0.2) is 10.2 Å². The maximum atomic E-state index is 11.7. The molecule has 0 bridgehead atoms. The first kappa shape index (κ1) is 15.6. The smallest absolute Gasteiger partial charge is 0.328 e. The van der Waals surface area contributed by atoms with Crippen molar-refractivity contribution in [3.8, 4) is 5.88 Å². The number of nitro groups is 1. The fourth-order valence-corrected chi connectivity index (χ4v) is 1.56. The zero-order chi connectivity index (χ0) is 17.0. The molecule has 0 aliphatic carbocycles. The van der Waals surface area contributed by atoms with E-state index in [2.05, 4.69) is 10.5 Å². The maximum absolute atomic E-state index is 11.7. The third-order valence-corrected chi connectivity index (χ3v) is 2.66. The molecule has 0 unspecified atom stereocenters. The monoisotopic (exact) mass is 319 g/mol. The summed E-state index contributed by atoms with van der Waals surface area (Å²) in [6.07, 6.45) is 0.841. The molecule has 1 amide bonds. The number of carbonyl (C=O) groups is 1. The van der Waals surface area contributed by atoms with Gasteiger partial charge in [-0.1, -0.05) is 0 Å². The van der Waals surface area contributed by atoms with Gasteiger partial charge in [-0.15, -0.1) is 0 Å². The number of nitrogens with one attached hydrogen (secondary N) is 3. The van der Waals surface area contributed by atoms with E-state index < -0.39 is 28.0 Å². The van der Waals surface area contributed by atoms with Crippen LogP contribution in [0.15, 0.2) is 39.0 Å². The molecule has 23 heavy (non-hydrogen) atoms. The Balaban J connectivity index is 2.11. The summed E-state index contributed by atoms with van der Waals surface area (Å²) < 4.78 is 0. The Kier molecular flexibility index (Phi) is 4.31. The van der Waals surface area contributed by atoms with E-state index in [-0.39, 0.29) is 16.8 Å². The molecule has 1 aromatic carbocycles. The summed E-state index contributed by atoms with van der Waals surface area (Å²) in [5, 5.41) is 23.4. The van der Waals surface area contributed by atoms with E-state index >= 15 is 0 Å². The Morgan fingerprint density at radius 2 is 1.91 bits per heavy atom. The van der Waals surface area contributed by atoms with Gasteiger partial charge in [0.1, 0.15) is 5.56 Å². The Bertz CT molecular complexity index is 895. The summed E-state index contributed by atoms with van der Waals surface area (Å²) in [6, 6.07) is 4.76. The third kappa shape index (κ3) is 3.66. The molecule has 0 aliphatic rings. The van der Waals surface area contributed by atoms with Crippen LogP contribution in [-0.2, 0) is 0 Å². The number of rotatable bonds is 4. The van der Waals surface area contributed by atoms with E-state index in [0.717, 1.165) is 18.3 Å². The zero-order valence-electron chi connectivity index (χ0n) is 11.3. The summed E-state index contributed by atoms with van der Waals surface area (Å²) in [6.45, 7) is 0. The van der Waals surface area contributed by atoms with Crippen molar-refractivity contribution in [2.75, 3.05) is 0 Å². The zero-order valence-corrected chi connectivity index (χ0v) is 11.3. The first-order valence-electron chi connectivity index (χ1n) is 6.02. The molecule has 0 atom stereocenters.